The summed E-state index contributed by atoms with van der Waals surface area (Å²) in [4.78, 5) is 0. The smallest absolute Gasteiger partial charge is 1.00 e. The maximum Gasteiger partial charge on any atom is 1.00 e. The molecular formula is H3BBrKO3. The first-order chi connectivity index (χ1) is 2.27. The zero-order chi connectivity index (χ0) is 4.28. The van der Waals surface area contributed by atoms with Crippen LogP contribution in [0.15, 0.2) is 0 Å². The Morgan fingerprint density at radius 3 is 1.83 bits per heavy atom. The third-order valence-electron chi connectivity index (χ3n) is 0.0797. The first-order valence-electron chi connectivity index (χ1n) is 0.906. The van der Waals surface area contributed by atoms with Crippen LogP contribution in [0.3, 0.4) is 0 Å². The van der Waals surface area contributed by atoms with Crippen molar-refractivity contribution in [3.05, 3.63) is 0 Å². The second-order valence-electron chi connectivity index (χ2n) is 0.415. The Hall–Kier alpha value is 2.06. The van der Waals surface area contributed by atoms with Gasteiger partial charge in [-0.3, -0.25) is 0 Å². The van der Waals surface area contributed by atoms with Crippen LogP contribution in [-0.4, -0.2) is 17.4 Å². The van der Waals surface area contributed by atoms with Crippen molar-refractivity contribution < 1.29 is 66.6 Å². The fourth-order valence-electron chi connectivity index (χ4n) is 0. The third-order valence-corrected chi connectivity index (χ3v) is 0.414. The molecule has 0 heterocycles. The van der Waals surface area contributed by atoms with Gasteiger partial charge in [0.15, 0.2) is 0 Å². The van der Waals surface area contributed by atoms with E-state index in [1.807, 2.05) is 0 Å². The van der Waals surface area contributed by atoms with Crippen molar-refractivity contribution in [2.45, 2.75) is 0 Å². The molecule has 0 rings (SSSR count). The van der Waals surface area contributed by atoms with Crippen molar-refractivity contribution in [2.75, 3.05) is 0 Å². The number of rotatable bonds is 1. The predicted octanol–water partition coefficient (Wildman–Crippen LogP) is -3.60. The predicted molar refractivity (Wildman–Crippen MR) is 21.3 cm³/mol. The molecule has 0 aromatic carbocycles. The van der Waals surface area contributed by atoms with Gasteiger partial charge in [-0.25, -0.2) is 0 Å². The zero-order valence-electron chi connectivity index (χ0n) is 4.26. The molecule has 0 saturated heterocycles. The first kappa shape index (κ1) is 10.9. The number of hydrogen-bond donors (Lipinski definition) is 2. The molecule has 0 aliphatic carbocycles. The minimum absolute atomic E-state index is 0. The van der Waals surface area contributed by atoms with Gasteiger partial charge in [-0.1, -0.05) is 0 Å². The van der Waals surface area contributed by atoms with E-state index >= 15 is 0 Å². The molecule has 6 heteroatoms. The van der Waals surface area contributed by atoms with Crippen LogP contribution < -0.4 is 51.4 Å². The fraction of sp³-hybridized carbons (Fsp3) is 0. The van der Waals surface area contributed by atoms with Crippen LogP contribution in [0.25, 0.3) is 0 Å². The average Bonchev–Trinajstić information content (AvgIpc) is 1.38. The van der Waals surface area contributed by atoms with E-state index in [1.54, 1.807) is 0 Å². The molecule has 6 heavy (non-hydrogen) atoms. The standard InChI is InChI=1S/BBrH2O3.K.H/c2-5-1(3)4;;/h3-4H;;/q;+1;-1. The molecular weight excluding hydrogens is 178 g/mol. The van der Waals surface area contributed by atoms with Gasteiger partial charge in [0.05, 0.1) is 16.3 Å². The molecule has 0 atom stereocenters. The number of hydrogen-bond acceptors (Lipinski definition) is 3. The monoisotopic (exact) mass is 180 g/mol. The van der Waals surface area contributed by atoms with Crippen LogP contribution in [0.1, 0.15) is 1.43 Å². The molecule has 0 bridgehead atoms. The molecule has 0 amide bonds. The van der Waals surface area contributed by atoms with Crippen molar-refractivity contribution in [3.63, 3.8) is 0 Å². The van der Waals surface area contributed by atoms with Crippen molar-refractivity contribution in [1.82, 2.24) is 0 Å². The van der Waals surface area contributed by atoms with E-state index in [9.17, 15) is 0 Å². The van der Waals surface area contributed by atoms with Crippen LogP contribution in [0.2, 0.25) is 0 Å². The topological polar surface area (TPSA) is 49.7 Å². The molecule has 0 aliphatic rings. The van der Waals surface area contributed by atoms with Gasteiger partial charge < -0.3 is 15.2 Å². The van der Waals surface area contributed by atoms with E-state index in [4.69, 9.17) is 10.0 Å². The summed E-state index contributed by atoms with van der Waals surface area (Å²) in [7, 11) is -1.70. The minimum atomic E-state index is -1.70. The Morgan fingerprint density at radius 1 is 1.67 bits per heavy atom. The molecule has 0 fully saturated rings. The van der Waals surface area contributed by atoms with Gasteiger partial charge >= 0.3 is 58.7 Å². The van der Waals surface area contributed by atoms with E-state index in [-0.39, 0.29) is 52.8 Å². The SMILES string of the molecule is OB(O)OBr.[H-].[K+]. The summed E-state index contributed by atoms with van der Waals surface area (Å²) in [6.45, 7) is 0. The van der Waals surface area contributed by atoms with Crippen LogP contribution in [0.5, 0.6) is 0 Å². The van der Waals surface area contributed by atoms with Crippen molar-refractivity contribution in [3.8, 4) is 0 Å². The normalized spacial score (nSPS) is 6.50. The van der Waals surface area contributed by atoms with Gasteiger partial charge in [-0.2, -0.15) is 0 Å². The second-order valence-corrected chi connectivity index (χ2v) is 0.789. The summed E-state index contributed by atoms with van der Waals surface area (Å²) in [5.41, 5.74) is 0. The summed E-state index contributed by atoms with van der Waals surface area (Å²) in [5, 5.41) is 15.3. The molecule has 0 radical (unpaired) electrons. The Kier molecular flexibility index (Phi) is 12.9. The molecule has 0 saturated carbocycles. The molecule has 32 valence electrons. The van der Waals surface area contributed by atoms with Crippen molar-refractivity contribution >= 4 is 23.6 Å². The molecule has 2 N–H and O–H groups in total. The Labute approximate surface area is 88.6 Å². The molecule has 0 aromatic rings. The fourth-order valence-corrected chi connectivity index (χ4v) is 0. The molecule has 0 spiro atoms. The third kappa shape index (κ3) is 9.41. The number of halogens is 1. The summed E-state index contributed by atoms with van der Waals surface area (Å²) in [6.07, 6.45) is 0. The Bertz CT molecular complexity index is 28.9. The zero-order valence-corrected chi connectivity index (χ0v) is 7.97. The van der Waals surface area contributed by atoms with E-state index in [1.165, 1.54) is 0 Å². The van der Waals surface area contributed by atoms with Crippen molar-refractivity contribution in [1.29, 1.82) is 0 Å². The maximum absolute atomic E-state index is 7.65. The quantitative estimate of drug-likeness (QED) is 0.411. The van der Waals surface area contributed by atoms with Gasteiger partial charge in [-0.05, 0) is 0 Å². The summed E-state index contributed by atoms with van der Waals surface area (Å²) in [5.74, 6) is 0. The van der Waals surface area contributed by atoms with E-state index < -0.39 is 7.32 Å². The van der Waals surface area contributed by atoms with Crippen molar-refractivity contribution in [2.24, 2.45) is 0 Å². The minimum Gasteiger partial charge on any atom is -1.00 e. The van der Waals surface area contributed by atoms with Gasteiger partial charge in [0.1, 0.15) is 0 Å². The van der Waals surface area contributed by atoms with Crippen LogP contribution in [0, 0.1) is 0 Å². The molecule has 0 aromatic heterocycles. The van der Waals surface area contributed by atoms with Crippen LogP contribution in [0.4, 0.5) is 0 Å². The molecule has 0 unspecified atom stereocenters. The molecule has 3 nitrogen and oxygen atoms in total. The van der Waals surface area contributed by atoms with Gasteiger partial charge in [-0.15, -0.1) is 0 Å². The first-order valence-corrected chi connectivity index (χ1v) is 1.55. The largest absolute Gasteiger partial charge is 1.00 e. The summed E-state index contributed by atoms with van der Waals surface area (Å²) < 4.78 is 3.67. The summed E-state index contributed by atoms with van der Waals surface area (Å²) in [6, 6.07) is 0. The van der Waals surface area contributed by atoms with Gasteiger partial charge in [0.25, 0.3) is 0 Å². The van der Waals surface area contributed by atoms with Crippen LogP contribution in [-0.2, 0) is 3.75 Å². The van der Waals surface area contributed by atoms with E-state index in [0.29, 0.717) is 0 Å². The van der Waals surface area contributed by atoms with E-state index in [2.05, 4.69) is 20.0 Å². The maximum atomic E-state index is 7.65. The second kappa shape index (κ2) is 7.06. The van der Waals surface area contributed by atoms with Crippen LogP contribution >= 0.6 is 16.3 Å². The summed E-state index contributed by atoms with van der Waals surface area (Å²) >= 11 is 2.31. The Morgan fingerprint density at radius 2 is 1.83 bits per heavy atom. The molecule has 0 aliphatic heterocycles. The average molecular weight is 181 g/mol. The van der Waals surface area contributed by atoms with Gasteiger partial charge in [0, 0.05) is 0 Å². The van der Waals surface area contributed by atoms with Gasteiger partial charge in [0.2, 0.25) is 0 Å². The Balaban J connectivity index is -0.0000000800. The van der Waals surface area contributed by atoms with E-state index in [0.717, 1.165) is 0 Å².